The number of aliphatic hydroxyl groups is 1. The Bertz CT molecular complexity index is 1100. The van der Waals surface area contributed by atoms with Gasteiger partial charge in [0.15, 0.2) is 5.78 Å². The molecule has 1 heterocycles. The molecule has 1 fully saturated rings. The average molecular weight is 513 g/mol. The third kappa shape index (κ3) is 7.79. The predicted octanol–water partition coefficient (Wildman–Crippen LogP) is 4.93. The Morgan fingerprint density at radius 1 is 1.00 bits per heavy atom. The van der Waals surface area contributed by atoms with Crippen molar-refractivity contribution in [2.45, 2.75) is 25.9 Å². The number of benzene rings is 3. The van der Waals surface area contributed by atoms with Crippen LogP contribution >= 0.6 is 12.4 Å². The van der Waals surface area contributed by atoms with Gasteiger partial charge in [0.05, 0.1) is 5.56 Å². The lowest BCUT2D eigenvalue weighted by Gasteiger charge is -2.37. The second-order valence-corrected chi connectivity index (χ2v) is 9.14. The molecule has 0 aliphatic carbocycles. The highest BCUT2D eigenvalue weighted by Crippen LogP contribution is 2.23. The zero-order valence-corrected chi connectivity index (χ0v) is 21.4. The van der Waals surface area contributed by atoms with Crippen LogP contribution in [0.2, 0.25) is 0 Å². The second-order valence-electron chi connectivity index (χ2n) is 9.14. The summed E-state index contributed by atoms with van der Waals surface area (Å²) in [4.78, 5) is 17.4. The highest BCUT2D eigenvalue weighted by atomic mass is 35.5. The molecule has 192 valence electrons. The quantitative estimate of drug-likeness (QED) is 0.390. The van der Waals surface area contributed by atoms with E-state index in [1.807, 2.05) is 30.3 Å². The van der Waals surface area contributed by atoms with E-state index >= 15 is 0 Å². The molecule has 36 heavy (non-hydrogen) atoms. The lowest BCUT2D eigenvalue weighted by Crippen LogP contribution is -2.49. The zero-order valence-electron chi connectivity index (χ0n) is 20.6. The summed E-state index contributed by atoms with van der Waals surface area (Å²) in [6, 6.07) is 22.2. The monoisotopic (exact) mass is 512 g/mol. The van der Waals surface area contributed by atoms with E-state index < -0.39 is 11.9 Å². The van der Waals surface area contributed by atoms with Gasteiger partial charge in [0.1, 0.15) is 24.3 Å². The molecular formula is C29H34ClFN2O3. The average Bonchev–Trinajstić information content (AvgIpc) is 2.88. The maximum Gasteiger partial charge on any atom is 0.167 e. The van der Waals surface area contributed by atoms with Crippen LogP contribution in [0.1, 0.15) is 27.9 Å². The summed E-state index contributed by atoms with van der Waals surface area (Å²) in [7, 11) is 0. The summed E-state index contributed by atoms with van der Waals surface area (Å²) in [5.41, 5.74) is 3.75. The number of piperazine rings is 1. The first-order valence-electron chi connectivity index (χ1n) is 12.2. The predicted molar refractivity (Wildman–Crippen MR) is 144 cm³/mol. The minimum absolute atomic E-state index is 0. The molecular weight excluding hydrogens is 479 g/mol. The summed E-state index contributed by atoms with van der Waals surface area (Å²) in [6.45, 7) is 6.11. The molecule has 3 aromatic rings. The molecule has 4 rings (SSSR count). The molecule has 1 unspecified atom stereocenters. The van der Waals surface area contributed by atoms with E-state index in [2.05, 4.69) is 41.0 Å². The molecule has 0 spiro atoms. The van der Waals surface area contributed by atoms with Crippen LogP contribution in [-0.2, 0) is 6.42 Å². The number of hydrogen-bond donors (Lipinski definition) is 1. The van der Waals surface area contributed by atoms with Gasteiger partial charge in [-0.05, 0) is 49.2 Å². The lowest BCUT2D eigenvalue weighted by atomic mass is 10.0. The fraction of sp³-hybridized carbons (Fsp3) is 0.345. The summed E-state index contributed by atoms with van der Waals surface area (Å²) >= 11 is 0. The van der Waals surface area contributed by atoms with Crippen molar-refractivity contribution in [3.05, 3.63) is 95.3 Å². The highest BCUT2D eigenvalue weighted by molar-refractivity contribution is 5.98. The Labute approximate surface area is 218 Å². The normalized spacial score (nSPS) is 14.7. The number of hydrogen-bond acceptors (Lipinski definition) is 5. The van der Waals surface area contributed by atoms with Crippen molar-refractivity contribution in [3.63, 3.8) is 0 Å². The van der Waals surface area contributed by atoms with E-state index in [4.69, 9.17) is 4.74 Å². The minimum Gasteiger partial charge on any atom is -0.490 e. The first kappa shape index (κ1) is 27.7. The van der Waals surface area contributed by atoms with Crippen molar-refractivity contribution in [2.75, 3.05) is 44.2 Å². The van der Waals surface area contributed by atoms with Crippen LogP contribution in [-0.4, -0.2) is 61.2 Å². The SMILES string of the molecule is Cc1ccc(N2CCN(CC(O)COc3ccc(F)cc3C(=O)CCc3ccccc3)CC2)cc1.Cl. The number of anilines is 1. The number of aryl methyl sites for hydroxylation is 2. The molecule has 1 aliphatic heterocycles. The van der Waals surface area contributed by atoms with Gasteiger partial charge in [0, 0.05) is 44.8 Å². The van der Waals surface area contributed by atoms with Gasteiger partial charge in [0.25, 0.3) is 0 Å². The van der Waals surface area contributed by atoms with Crippen LogP contribution in [0.25, 0.3) is 0 Å². The molecule has 5 nitrogen and oxygen atoms in total. The standard InChI is InChI=1S/C29H33FN2O3.ClH/c1-22-7-11-25(12-8-22)32-17-15-31(16-18-32)20-26(33)21-35-29-14-10-24(30)19-27(29)28(34)13-9-23-5-3-2-4-6-23;/h2-8,10-12,14,19,26,33H,9,13,15-18,20-21H2,1H3;1H. The third-order valence-corrected chi connectivity index (χ3v) is 6.40. The number of ketones is 1. The van der Waals surface area contributed by atoms with Gasteiger partial charge in [-0.15, -0.1) is 12.4 Å². The summed E-state index contributed by atoms with van der Waals surface area (Å²) in [5, 5.41) is 10.6. The van der Waals surface area contributed by atoms with Crippen molar-refractivity contribution < 1.29 is 19.0 Å². The fourth-order valence-electron chi connectivity index (χ4n) is 4.36. The molecule has 1 N–H and O–H groups in total. The van der Waals surface area contributed by atoms with Gasteiger partial charge in [-0.2, -0.15) is 0 Å². The van der Waals surface area contributed by atoms with Crippen molar-refractivity contribution >= 4 is 23.9 Å². The van der Waals surface area contributed by atoms with E-state index in [1.165, 1.54) is 29.4 Å². The van der Waals surface area contributed by atoms with Gasteiger partial charge < -0.3 is 14.7 Å². The van der Waals surface area contributed by atoms with E-state index in [1.54, 1.807) is 0 Å². The largest absolute Gasteiger partial charge is 0.490 e. The molecule has 1 atom stereocenters. The molecule has 0 amide bonds. The smallest absolute Gasteiger partial charge is 0.167 e. The number of halogens is 2. The Morgan fingerprint density at radius 3 is 2.39 bits per heavy atom. The maximum atomic E-state index is 13.9. The molecule has 0 bridgehead atoms. The summed E-state index contributed by atoms with van der Waals surface area (Å²) < 4.78 is 19.7. The zero-order chi connectivity index (χ0) is 24.6. The number of ether oxygens (including phenoxy) is 1. The van der Waals surface area contributed by atoms with Gasteiger partial charge >= 0.3 is 0 Å². The maximum absolute atomic E-state index is 13.9. The van der Waals surface area contributed by atoms with Gasteiger partial charge in [-0.1, -0.05) is 48.0 Å². The van der Waals surface area contributed by atoms with Crippen LogP contribution in [0.4, 0.5) is 10.1 Å². The second kappa shape index (κ2) is 13.4. The highest BCUT2D eigenvalue weighted by Gasteiger charge is 2.21. The molecule has 0 radical (unpaired) electrons. The van der Waals surface area contributed by atoms with Crippen molar-refractivity contribution in [2.24, 2.45) is 0 Å². The Morgan fingerprint density at radius 2 is 1.69 bits per heavy atom. The first-order chi connectivity index (χ1) is 17.0. The number of carbonyl (C=O) groups excluding carboxylic acids is 1. The molecule has 1 aliphatic rings. The lowest BCUT2D eigenvalue weighted by molar-refractivity contribution is 0.0655. The van der Waals surface area contributed by atoms with Gasteiger partial charge in [0.2, 0.25) is 0 Å². The number of rotatable bonds is 10. The molecule has 1 saturated heterocycles. The van der Waals surface area contributed by atoms with E-state index in [-0.39, 0.29) is 36.8 Å². The number of Topliss-reactive ketones (excluding diaryl/α,β-unsaturated/α-hetero) is 1. The summed E-state index contributed by atoms with van der Waals surface area (Å²) in [5.74, 6) is -0.342. The van der Waals surface area contributed by atoms with Crippen molar-refractivity contribution in [1.82, 2.24) is 4.90 Å². The van der Waals surface area contributed by atoms with E-state index in [0.717, 1.165) is 31.7 Å². The van der Waals surface area contributed by atoms with E-state index in [0.29, 0.717) is 18.7 Å². The van der Waals surface area contributed by atoms with Gasteiger partial charge in [-0.3, -0.25) is 9.69 Å². The van der Waals surface area contributed by atoms with Crippen LogP contribution in [0.3, 0.4) is 0 Å². The number of nitrogens with zero attached hydrogens (tertiary/aromatic N) is 2. The first-order valence-corrected chi connectivity index (χ1v) is 12.2. The molecule has 7 heteroatoms. The third-order valence-electron chi connectivity index (χ3n) is 6.40. The Balaban J connectivity index is 0.00000361. The Kier molecular flexibility index (Phi) is 10.3. The van der Waals surface area contributed by atoms with Crippen molar-refractivity contribution in [3.8, 4) is 5.75 Å². The minimum atomic E-state index is -0.710. The van der Waals surface area contributed by atoms with Crippen LogP contribution in [0, 0.1) is 12.7 Å². The van der Waals surface area contributed by atoms with Crippen LogP contribution in [0.15, 0.2) is 72.8 Å². The summed E-state index contributed by atoms with van der Waals surface area (Å²) in [6.07, 6.45) is 0.128. The van der Waals surface area contributed by atoms with Crippen LogP contribution < -0.4 is 9.64 Å². The topological polar surface area (TPSA) is 53.0 Å². The Hall–Kier alpha value is -2.93. The van der Waals surface area contributed by atoms with Crippen molar-refractivity contribution in [1.29, 1.82) is 0 Å². The molecule has 3 aromatic carbocycles. The molecule has 0 saturated carbocycles. The fourth-order valence-corrected chi connectivity index (χ4v) is 4.36. The van der Waals surface area contributed by atoms with Crippen LogP contribution in [0.5, 0.6) is 5.75 Å². The number of β-amino-alcohol motifs (C(OH)–C–C–N with tert-alkyl or cyclic N) is 1. The number of aliphatic hydroxyl groups excluding tert-OH is 1. The number of carbonyl (C=O) groups is 1. The molecule has 0 aromatic heterocycles. The van der Waals surface area contributed by atoms with Gasteiger partial charge in [-0.25, -0.2) is 4.39 Å². The van der Waals surface area contributed by atoms with E-state index in [9.17, 15) is 14.3 Å².